The Morgan fingerprint density at radius 1 is 0.857 bits per heavy atom. The van der Waals surface area contributed by atoms with E-state index in [1.807, 2.05) is 51.1 Å². The van der Waals surface area contributed by atoms with Gasteiger partial charge < -0.3 is 33.2 Å². The fourth-order valence-corrected chi connectivity index (χ4v) is 5.43. The second-order valence-electron chi connectivity index (χ2n) is 11.8. The van der Waals surface area contributed by atoms with Crippen LogP contribution in [0.1, 0.15) is 70.0 Å². The van der Waals surface area contributed by atoms with E-state index in [9.17, 15) is 19.2 Å². The molecule has 0 spiro atoms. The highest BCUT2D eigenvalue weighted by molar-refractivity contribution is 5.68. The van der Waals surface area contributed by atoms with Crippen molar-refractivity contribution < 1.29 is 56.7 Å². The van der Waals surface area contributed by atoms with Crippen LogP contribution in [0.2, 0.25) is 0 Å². The van der Waals surface area contributed by atoms with Gasteiger partial charge in [-0.2, -0.15) is 0 Å². The Morgan fingerprint density at radius 2 is 1.49 bits per heavy atom. The summed E-state index contributed by atoms with van der Waals surface area (Å²) in [6.07, 6.45) is -6.73. The fourth-order valence-electron chi connectivity index (χ4n) is 5.43. The van der Waals surface area contributed by atoms with Crippen LogP contribution < -0.4 is 9.47 Å². The summed E-state index contributed by atoms with van der Waals surface area (Å²) in [7, 11) is 0. The van der Waals surface area contributed by atoms with E-state index in [2.05, 4.69) is 5.10 Å². The van der Waals surface area contributed by atoms with Crippen LogP contribution in [0.3, 0.4) is 0 Å². The van der Waals surface area contributed by atoms with Gasteiger partial charge in [-0.05, 0) is 44.0 Å². The quantitative estimate of drug-likeness (QED) is 0.184. The molecule has 264 valence electrons. The van der Waals surface area contributed by atoms with Gasteiger partial charge in [-0.3, -0.25) is 23.9 Å². The van der Waals surface area contributed by atoms with Gasteiger partial charge in [-0.25, -0.2) is 4.39 Å². The molecule has 3 aromatic rings. The molecule has 13 nitrogen and oxygen atoms in total. The molecule has 4 rings (SSSR count). The first-order chi connectivity index (χ1) is 23.2. The lowest BCUT2D eigenvalue weighted by Crippen LogP contribution is -2.63. The molecule has 14 heteroatoms. The van der Waals surface area contributed by atoms with Gasteiger partial charge in [0, 0.05) is 51.4 Å². The van der Waals surface area contributed by atoms with Crippen LogP contribution in [-0.4, -0.2) is 71.0 Å². The van der Waals surface area contributed by atoms with Crippen molar-refractivity contribution in [3.63, 3.8) is 0 Å². The molecule has 0 aliphatic carbocycles. The van der Waals surface area contributed by atoms with Gasteiger partial charge in [0.25, 0.3) is 0 Å². The predicted octanol–water partition coefficient (Wildman–Crippen LogP) is 4.54. The third kappa shape index (κ3) is 9.78. The van der Waals surface area contributed by atoms with Crippen LogP contribution in [0.15, 0.2) is 48.5 Å². The Kier molecular flexibility index (Phi) is 12.3. The second-order valence-corrected chi connectivity index (χ2v) is 11.8. The molecule has 1 unspecified atom stereocenters. The second kappa shape index (κ2) is 16.4. The Labute approximate surface area is 283 Å². The summed E-state index contributed by atoms with van der Waals surface area (Å²) in [4.78, 5) is 48.3. The lowest BCUT2D eigenvalue weighted by Gasteiger charge is -2.43. The molecule has 0 saturated carbocycles. The third-order valence-electron chi connectivity index (χ3n) is 7.52. The molecule has 1 fully saturated rings. The van der Waals surface area contributed by atoms with E-state index in [0.29, 0.717) is 16.8 Å². The minimum Gasteiger partial charge on any atom is -0.486 e. The minimum absolute atomic E-state index is 0.0666. The molecule has 1 aliphatic heterocycles. The van der Waals surface area contributed by atoms with Gasteiger partial charge in [-0.1, -0.05) is 36.4 Å². The zero-order chi connectivity index (χ0) is 35.8. The van der Waals surface area contributed by atoms with Crippen LogP contribution in [0.5, 0.6) is 11.6 Å². The van der Waals surface area contributed by atoms with E-state index in [1.165, 1.54) is 13.0 Å². The van der Waals surface area contributed by atoms with Gasteiger partial charge in [0.1, 0.15) is 19.3 Å². The van der Waals surface area contributed by atoms with Crippen LogP contribution >= 0.6 is 0 Å². The van der Waals surface area contributed by atoms with Crippen LogP contribution in [0, 0.1) is 12.7 Å². The van der Waals surface area contributed by atoms with Gasteiger partial charge in [0.15, 0.2) is 23.8 Å². The maximum atomic E-state index is 15.2. The number of hydrogen-bond donors (Lipinski definition) is 0. The summed E-state index contributed by atoms with van der Waals surface area (Å²) in [5.74, 6) is -3.33. The summed E-state index contributed by atoms with van der Waals surface area (Å²) in [5.41, 5.74) is 2.76. The number of carbonyl (C=O) groups excluding carboxylic acids is 4. The highest BCUT2D eigenvalue weighted by Crippen LogP contribution is 2.34. The Hall–Kier alpha value is -4.98. The Bertz CT molecular complexity index is 1640. The molecule has 0 N–H and O–H groups in total. The van der Waals surface area contributed by atoms with Crippen LogP contribution in [0.4, 0.5) is 4.39 Å². The monoisotopic (exact) mass is 684 g/mol. The first-order valence-electron chi connectivity index (χ1n) is 15.7. The first kappa shape index (κ1) is 36.8. The number of aromatic nitrogens is 2. The van der Waals surface area contributed by atoms with E-state index in [1.54, 1.807) is 16.8 Å². The zero-order valence-corrected chi connectivity index (χ0v) is 28.5. The summed E-state index contributed by atoms with van der Waals surface area (Å²) < 4.78 is 56.7. The average molecular weight is 685 g/mol. The number of rotatable bonds is 13. The molecule has 1 saturated heterocycles. The lowest BCUT2D eigenvalue weighted by atomic mass is 9.98. The topological polar surface area (TPSA) is 151 Å². The maximum Gasteiger partial charge on any atom is 0.303 e. The lowest BCUT2D eigenvalue weighted by molar-refractivity contribution is -0.289. The van der Waals surface area contributed by atoms with Gasteiger partial charge in [0.05, 0.1) is 0 Å². The Balaban J connectivity index is 1.69. The summed E-state index contributed by atoms with van der Waals surface area (Å²) in [6, 6.07) is 13.9. The maximum absolute atomic E-state index is 15.2. The zero-order valence-electron chi connectivity index (χ0n) is 28.5. The van der Waals surface area contributed by atoms with E-state index in [-0.39, 0.29) is 30.7 Å². The number of halogens is 1. The summed E-state index contributed by atoms with van der Waals surface area (Å²) >= 11 is 0. The molecule has 2 heterocycles. The number of nitrogens with zero attached hydrogens (tertiary/aromatic N) is 2. The molecule has 0 amide bonds. The first-order valence-corrected chi connectivity index (χ1v) is 15.7. The molecular formula is C35H41FN2O11. The molecule has 1 aliphatic rings. The Morgan fingerprint density at radius 3 is 2.08 bits per heavy atom. The van der Waals surface area contributed by atoms with Crippen molar-refractivity contribution in [1.29, 1.82) is 0 Å². The van der Waals surface area contributed by atoms with E-state index >= 15 is 4.39 Å². The highest BCUT2D eigenvalue weighted by atomic mass is 19.1. The normalized spacial score (nSPS) is 20.3. The SMILES string of the molecule is CC(=O)OCC1O[C@@H](Oc2nn(C(C)C)c(C)c2Cc2ccc(OCc3ccccc3)c(F)c2)[C@H](OC(C)=O)[C@@H](OC(C)=O)[C@@H]1OC(C)=O. The van der Waals surface area contributed by atoms with E-state index < -0.39 is 67.0 Å². The van der Waals surface area contributed by atoms with Crippen molar-refractivity contribution in [1.82, 2.24) is 9.78 Å². The van der Waals surface area contributed by atoms with Crippen LogP contribution in [0.25, 0.3) is 0 Å². The molecule has 1 aromatic heterocycles. The van der Waals surface area contributed by atoms with E-state index in [0.717, 1.165) is 26.3 Å². The number of carbonyl (C=O) groups is 4. The summed E-state index contributed by atoms with van der Waals surface area (Å²) in [6.45, 7) is 10.0. The average Bonchev–Trinajstić information content (AvgIpc) is 3.32. The van der Waals surface area contributed by atoms with Crippen molar-refractivity contribution in [2.75, 3.05) is 6.61 Å². The van der Waals surface area contributed by atoms with Crippen LogP contribution in [-0.2, 0) is 55.9 Å². The number of esters is 4. The number of hydrogen-bond acceptors (Lipinski definition) is 12. The molecule has 49 heavy (non-hydrogen) atoms. The molecule has 0 radical (unpaired) electrons. The number of ether oxygens (including phenoxy) is 7. The smallest absolute Gasteiger partial charge is 0.303 e. The van der Waals surface area contributed by atoms with Crippen molar-refractivity contribution in [3.8, 4) is 11.6 Å². The predicted molar refractivity (Wildman–Crippen MR) is 170 cm³/mol. The van der Waals surface area contributed by atoms with Gasteiger partial charge >= 0.3 is 23.9 Å². The highest BCUT2D eigenvalue weighted by Gasteiger charge is 2.53. The van der Waals surface area contributed by atoms with Crippen molar-refractivity contribution in [2.24, 2.45) is 0 Å². The van der Waals surface area contributed by atoms with Crippen molar-refractivity contribution >= 4 is 23.9 Å². The van der Waals surface area contributed by atoms with E-state index in [4.69, 9.17) is 33.2 Å². The van der Waals surface area contributed by atoms with Gasteiger partial charge in [-0.15, -0.1) is 5.10 Å². The minimum atomic E-state index is -1.49. The number of benzene rings is 2. The third-order valence-corrected chi connectivity index (χ3v) is 7.52. The molecule has 0 bridgehead atoms. The molecular weight excluding hydrogens is 643 g/mol. The van der Waals surface area contributed by atoms with Gasteiger partial charge in [0.2, 0.25) is 18.3 Å². The standard InChI is InChI=1S/C35H41FN2O11/c1-19(2)38-20(3)27(15-26-13-14-29(28(36)16-26)44-17-25-11-9-8-10-12-25)34(37-38)49-35-33(47-24(7)42)32(46-23(6)41)31(45-22(5)40)30(48-35)18-43-21(4)39/h8-14,16,19,30-33,35H,15,17-18H2,1-7H3/t30?,31-,32+,33-,35+/m1/s1. The van der Waals surface area contributed by atoms with Crippen molar-refractivity contribution in [3.05, 3.63) is 76.7 Å². The van der Waals surface area contributed by atoms with Crippen molar-refractivity contribution in [2.45, 2.75) is 98.2 Å². The largest absolute Gasteiger partial charge is 0.486 e. The summed E-state index contributed by atoms with van der Waals surface area (Å²) in [5, 5.41) is 4.65. The molecule has 2 aromatic carbocycles. The molecule has 5 atom stereocenters. The fraction of sp³-hybridized carbons (Fsp3) is 0.457.